The number of hydrogen-bond donors (Lipinski definition) is 1. The molecule has 0 spiro atoms. The van der Waals surface area contributed by atoms with Crippen molar-refractivity contribution in [2.45, 2.75) is 20.0 Å². The SMILES string of the molecule is Cc1ccc(C)cc1.O=CNCC1C=CC=C(C(F)(F)F)C=C1. The van der Waals surface area contributed by atoms with Gasteiger partial charge in [-0.3, -0.25) is 4.79 Å². The van der Waals surface area contributed by atoms with Crippen LogP contribution in [0.5, 0.6) is 0 Å². The maximum Gasteiger partial charge on any atom is 0.416 e. The van der Waals surface area contributed by atoms with E-state index in [4.69, 9.17) is 0 Å². The Hall–Kier alpha value is -2.30. The Bertz CT molecular complexity index is 562. The van der Waals surface area contributed by atoms with Crippen molar-refractivity contribution in [3.63, 3.8) is 0 Å². The molecule has 1 amide bonds. The summed E-state index contributed by atoms with van der Waals surface area (Å²) in [7, 11) is 0. The van der Waals surface area contributed by atoms with Crippen molar-refractivity contribution in [2.24, 2.45) is 5.92 Å². The summed E-state index contributed by atoms with van der Waals surface area (Å²) in [5, 5.41) is 2.41. The highest BCUT2D eigenvalue weighted by Crippen LogP contribution is 2.28. The zero-order valence-electron chi connectivity index (χ0n) is 13.1. The first-order chi connectivity index (χ1) is 10.8. The smallest absolute Gasteiger partial charge is 0.358 e. The second-order valence-electron chi connectivity index (χ2n) is 5.21. The number of rotatable bonds is 3. The Labute approximate surface area is 134 Å². The minimum atomic E-state index is -4.33. The maximum absolute atomic E-state index is 12.3. The van der Waals surface area contributed by atoms with Crippen LogP contribution in [0.3, 0.4) is 0 Å². The minimum Gasteiger partial charge on any atom is -0.358 e. The van der Waals surface area contributed by atoms with Crippen molar-refractivity contribution >= 4 is 6.41 Å². The summed E-state index contributed by atoms with van der Waals surface area (Å²) in [5.41, 5.74) is 1.97. The van der Waals surface area contributed by atoms with Gasteiger partial charge in [-0.1, -0.05) is 65.8 Å². The van der Waals surface area contributed by atoms with Crippen molar-refractivity contribution in [2.75, 3.05) is 6.54 Å². The molecule has 0 fully saturated rings. The Morgan fingerprint density at radius 3 is 2.13 bits per heavy atom. The molecule has 1 aliphatic rings. The van der Waals surface area contributed by atoms with Crippen LogP contribution in [0.2, 0.25) is 0 Å². The average Bonchev–Trinajstić information content (AvgIpc) is 2.74. The Morgan fingerprint density at radius 1 is 1.09 bits per heavy atom. The van der Waals surface area contributed by atoms with E-state index in [0.717, 1.165) is 12.2 Å². The zero-order valence-corrected chi connectivity index (χ0v) is 13.1. The summed E-state index contributed by atoms with van der Waals surface area (Å²) in [4.78, 5) is 10.0. The van der Waals surface area contributed by atoms with E-state index >= 15 is 0 Å². The number of carbonyl (C=O) groups excluding carboxylic acids is 1. The fraction of sp³-hybridized carbons (Fsp3) is 0.278. The summed E-state index contributed by atoms with van der Waals surface area (Å²) in [6.07, 6.45) is 2.60. The molecular weight excluding hydrogens is 303 g/mol. The molecule has 0 saturated carbocycles. The van der Waals surface area contributed by atoms with Crippen molar-refractivity contribution in [3.05, 3.63) is 71.3 Å². The second-order valence-corrected chi connectivity index (χ2v) is 5.21. The van der Waals surface area contributed by atoms with E-state index in [1.165, 1.54) is 23.3 Å². The highest BCUT2D eigenvalue weighted by Gasteiger charge is 2.31. The molecule has 1 aromatic carbocycles. The number of halogens is 3. The topological polar surface area (TPSA) is 29.1 Å². The van der Waals surface area contributed by atoms with Crippen LogP contribution in [0.15, 0.2) is 60.2 Å². The summed E-state index contributed by atoms with van der Waals surface area (Å²) >= 11 is 0. The predicted molar refractivity (Wildman–Crippen MR) is 85.9 cm³/mol. The number of carbonyl (C=O) groups is 1. The lowest BCUT2D eigenvalue weighted by atomic mass is 10.1. The standard InChI is InChI=1S/C10H10F3NO.C8H10/c11-10(12,13)9-3-1-2-8(4-5-9)6-14-7-15;1-7-3-5-8(2)6-4-7/h1-5,7-8H,6H2,(H,14,15);3-6H,1-2H3. The number of alkyl halides is 3. The van der Waals surface area contributed by atoms with Gasteiger partial charge < -0.3 is 5.32 Å². The summed E-state index contributed by atoms with van der Waals surface area (Å²) in [6.45, 7) is 4.49. The summed E-state index contributed by atoms with van der Waals surface area (Å²) in [5.74, 6) is -0.203. The van der Waals surface area contributed by atoms with Crippen molar-refractivity contribution < 1.29 is 18.0 Å². The molecule has 0 aromatic heterocycles. The minimum absolute atomic E-state index is 0.203. The lowest BCUT2D eigenvalue weighted by molar-refractivity contribution is -0.109. The molecule has 1 aromatic rings. The molecule has 0 bridgehead atoms. The molecule has 2 rings (SSSR count). The van der Waals surface area contributed by atoms with Gasteiger partial charge in [-0.05, 0) is 13.8 Å². The van der Waals surface area contributed by atoms with Crippen LogP contribution < -0.4 is 5.32 Å². The maximum atomic E-state index is 12.3. The van der Waals surface area contributed by atoms with E-state index in [-0.39, 0.29) is 5.92 Å². The van der Waals surface area contributed by atoms with Gasteiger partial charge in [0.2, 0.25) is 6.41 Å². The Kier molecular flexibility index (Phi) is 7.32. The first-order valence-corrected chi connectivity index (χ1v) is 7.17. The first kappa shape index (κ1) is 18.7. The number of aryl methyl sites for hydroxylation is 2. The van der Waals surface area contributed by atoms with Gasteiger partial charge in [-0.15, -0.1) is 0 Å². The van der Waals surface area contributed by atoms with Crippen LogP contribution in [0.25, 0.3) is 0 Å². The van der Waals surface area contributed by atoms with Gasteiger partial charge in [0, 0.05) is 12.5 Å². The summed E-state index contributed by atoms with van der Waals surface area (Å²) < 4.78 is 36.8. The van der Waals surface area contributed by atoms with Crippen molar-refractivity contribution in [1.29, 1.82) is 0 Å². The number of amides is 1. The van der Waals surface area contributed by atoms with E-state index in [9.17, 15) is 18.0 Å². The number of hydrogen-bond acceptors (Lipinski definition) is 1. The predicted octanol–water partition coefficient (Wildman–Crippen LogP) is 4.27. The highest BCUT2D eigenvalue weighted by molar-refractivity contribution is 5.46. The molecule has 0 aliphatic heterocycles. The Balaban J connectivity index is 0.000000277. The van der Waals surface area contributed by atoms with E-state index in [1.807, 2.05) is 0 Å². The molecule has 1 N–H and O–H groups in total. The fourth-order valence-corrected chi connectivity index (χ4v) is 1.80. The average molecular weight is 323 g/mol. The van der Waals surface area contributed by atoms with Gasteiger partial charge in [0.05, 0.1) is 5.57 Å². The van der Waals surface area contributed by atoms with Gasteiger partial charge >= 0.3 is 6.18 Å². The number of nitrogens with one attached hydrogen (secondary N) is 1. The van der Waals surface area contributed by atoms with Gasteiger partial charge in [0.25, 0.3) is 0 Å². The number of allylic oxidation sites excluding steroid dienone is 4. The molecule has 1 atom stereocenters. The fourth-order valence-electron chi connectivity index (χ4n) is 1.80. The third kappa shape index (κ3) is 7.49. The van der Waals surface area contributed by atoms with E-state index in [2.05, 4.69) is 43.4 Å². The zero-order chi connectivity index (χ0) is 17.3. The van der Waals surface area contributed by atoms with E-state index < -0.39 is 11.7 Å². The van der Waals surface area contributed by atoms with Gasteiger partial charge in [0.1, 0.15) is 0 Å². The number of benzene rings is 1. The monoisotopic (exact) mass is 323 g/mol. The van der Waals surface area contributed by atoms with Crippen LogP contribution in [0.1, 0.15) is 11.1 Å². The Morgan fingerprint density at radius 2 is 1.65 bits per heavy atom. The van der Waals surface area contributed by atoms with Gasteiger partial charge in [0.15, 0.2) is 0 Å². The van der Waals surface area contributed by atoms with Gasteiger partial charge in [-0.2, -0.15) is 13.2 Å². The van der Waals surface area contributed by atoms with Crippen LogP contribution in [0, 0.1) is 19.8 Å². The lowest BCUT2D eigenvalue weighted by Gasteiger charge is -2.06. The molecule has 23 heavy (non-hydrogen) atoms. The van der Waals surface area contributed by atoms with Crippen molar-refractivity contribution in [1.82, 2.24) is 5.32 Å². The molecule has 124 valence electrons. The third-order valence-electron chi connectivity index (χ3n) is 3.14. The highest BCUT2D eigenvalue weighted by atomic mass is 19.4. The molecular formula is C18H20F3NO. The van der Waals surface area contributed by atoms with Crippen LogP contribution in [-0.4, -0.2) is 19.1 Å². The first-order valence-electron chi connectivity index (χ1n) is 7.17. The normalized spacial score (nSPS) is 16.7. The van der Waals surface area contributed by atoms with E-state index in [1.54, 1.807) is 6.08 Å². The molecule has 0 heterocycles. The molecule has 0 saturated heterocycles. The largest absolute Gasteiger partial charge is 0.416 e. The molecule has 5 heteroatoms. The molecule has 2 nitrogen and oxygen atoms in total. The molecule has 1 aliphatic carbocycles. The molecule has 0 radical (unpaired) electrons. The van der Waals surface area contributed by atoms with Crippen LogP contribution >= 0.6 is 0 Å². The quantitative estimate of drug-likeness (QED) is 0.827. The van der Waals surface area contributed by atoms with Crippen molar-refractivity contribution in [3.8, 4) is 0 Å². The van der Waals surface area contributed by atoms with E-state index in [0.29, 0.717) is 13.0 Å². The van der Waals surface area contributed by atoms with Gasteiger partial charge in [-0.25, -0.2) is 0 Å². The second kappa shape index (κ2) is 8.98. The lowest BCUT2D eigenvalue weighted by Crippen LogP contribution is -2.18. The van der Waals surface area contributed by atoms with Crippen LogP contribution in [-0.2, 0) is 4.79 Å². The van der Waals surface area contributed by atoms with Crippen LogP contribution in [0.4, 0.5) is 13.2 Å². The third-order valence-corrected chi connectivity index (χ3v) is 3.14. The summed E-state index contributed by atoms with van der Waals surface area (Å²) in [6, 6.07) is 8.48. The molecule has 1 unspecified atom stereocenters.